The largest absolute Gasteiger partial charge is 0.346 e. The summed E-state index contributed by atoms with van der Waals surface area (Å²) >= 11 is 1.51. The van der Waals surface area contributed by atoms with Crippen LogP contribution in [0.15, 0.2) is 41.2 Å². The predicted octanol–water partition coefficient (Wildman–Crippen LogP) is 2.07. The molecule has 1 N–H and O–H groups in total. The number of hydrogen-bond acceptors (Lipinski definition) is 3. The van der Waals surface area contributed by atoms with E-state index >= 15 is 0 Å². The van der Waals surface area contributed by atoms with E-state index in [1.165, 1.54) is 11.3 Å². The molecule has 0 saturated carbocycles. The van der Waals surface area contributed by atoms with Crippen LogP contribution in [0.3, 0.4) is 0 Å². The molecule has 0 saturated heterocycles. The second-order valence-electron chi connectivity index (χ2n) is 3.02. The Kier molecular flexibility index (Phi) is 3.09. The van der Waals surface area contributed by atoms with Gasteiger partial charge in [0.05, 0.1) is 12.2 Å². The lowest BCUT2D eigenvalue weighted by Crippen LogP contribution is -2.22. The number of carbonyl (C=O) groups excluding carboxylic acids is 1. The minimum absolute atomic E-state index is 0.0538. The molecule has 0 fully saturated rings. The maximum Gasteiger partial charge on any atom is 0.252 e. The van der Waals surface area contributed by atoms with E-state index in [0.29, 0.717) is 12.1 Å². The number of pyridine rings is 1. The highest BCUT2D eigenvalue weighted by molar-refractivity contribution is 7.08. The minimum atomic E-state index is -0.0538. The monoisotopic (exact) mass is 218 g/mol. The van der Waals surface area contributed by atoms with Gasteiger partial charge in [0.1, 0.15) is 0 Å². The SMILES string of the molecule is O=C(NCc1ccccn1)c1ccsc1. The molecule has 76 valence electrons. The molecule has 0 unspecified atom stereocenters. The number of hydrogen-bond donors (Lipinski definition) is 1. The summed E-state index contributed by atoms with van der Waals surface area (Å²) in [6.07, 6.45) is 1.71. The van der Waals surface area contributed by atoms with Crippen LogP contribution in [0, 0.1) is 0 Å². The fourth-order valence-electron chi connectivity index (χ4n) is 1.17. The van der Waals surface area contributed by atoms with Gasteiger partial charge in [-0.1, -0.05) is 6.07 Å². The molecule has 0 aliphatic carbocycles. The van der Waals surface area contributed by atoms with Crippen LogP contribution >= 0.6 is 11.3 Å². The van der Waals surface area contributed by atoms with E-state index in [9.17, 15) is 4.79 Å². The number of aromatic nitrogens is 1. The fraction of sp³-hybridized carbons (Fsp3) is 0.0909. The van der Waals surface area contributed by atoms with Gasteiger partial charge in [-0.3, -0.25) is 9.78 Å². The molecule has 4 heteroatoms. The summed E-state index contributed by atoms with van der Waals surface area (Å²) in [5.41, 5.74) is 1.57. The molecule has 0 atom stereocenters. The average molecular weight is 218 g/mol. The van der Waals surface area contributed by atoms with Crippen LogP contribution in [-0.2, 0) is 6.54 Å². The molecule has 2 aromatic heterocycles. The Morgan fingerprint density at radius 3 is 3.00 bits per heavy atom. The van der Waals surface area contributed by atoms with Crippen LogP contribution in [0.25, 0.3) is 0 Å². The van der Waals surface area contributed by atoms with E-state index < -0.39 is 0 Å². The molecule has 3 nitrogen and oxygen atoms in total. The topological polar surface area (TPSA) is 42.0 Å². The molecule has 2 aromatic rings. The number of carbonyl (C=O) groups is 1. The van der Waals surface area contributed by atoms with Gasteiger partial charge in [0.2, 0.25) is 0 Å². The fourth-order valence-corrected chi connectivity index (χ4v) is 1.81. The summed E-state index contributed by atoms with van der Waals surface area (Å²) in [7, 11) is 0. The van der Waals surface area contributed by atoms with Crippen molar-refractivity contribution in [3.05, 3.63) is 52.5 Å². The molecule has 15 heavy (non-hydrogen) atoms. The van der Waals surface area contributed by atoms with Crippen molar-refractivity contribution in [2.24, 2.45) is 0 Å². The minimum Gasteiger partial charge on any atom is -0.346 e. The molecule has 0 bridgehead atoms. The first-order valence-corrected chi connectivity index (χ1v) is 5.51. The Balaban J connectivity index is 1.92. The zero-order valence-corrected chi connectivity index (χ0v) is 8.83. The smallest absolute Gasteiger partial charge is 0.252 e. The van der Waals surface area contributed by atoms with Crippen molar-refractivity contribution < 1.29 is 4.79 Å². The van der Waals surface area contributed by atoms with Gasteiger partial charge in [-0.05, 0) is 23.6 Å². The van der Waals surface area contributed by atoms with Crippen molar-refractivity contribution >= 4 is 17.2 Å². The lowest BCUT2D eigenvalue weighted by atomic mass is 10.3. The van der Waals surface area contributed by atoms with Crippen molar-refractivity contribution in [1.82, 2.24) is 10.3 Å². The number of rotatable bonds is 3. The maximum atomic E-state index is 11.5. The van der Waals surface area contributed by atoms with Gasteiger partial charge >= 0.3 is 0 Å². The van der Waals surface area contributed by atoms with Crippen molar-refractivity contribution in [3.8, 4) is 0 Å². The third-order valence-electron chi connectivity index (χ3n) is 1.94. The van der Waals surface area contributed by atoms with Crippen LogP contribution < -0.4 is 5.32 Å². The first-order valence-electron chi connectivity index (χ1n) is 4.56. The van der Waals surface area contributed by atoms with Crippen LogP contribution in [0.1, 0.15) is 16.1 Å². The molecular weight excluding hydrogens is 208 g/mol. The van der Waals surface area contributed by atoms with E-state index in [0.717, 1.165) is 5.69 Å². The second kappa shape index (κ2) is 4.70. The standard InChI is InChI=1S/C11H10N2OS/c14-11(9-4-6-15-8-9)13-7-10-3-1-2-5-12-10/h1-6,8H,7H2,(H,13,14). The zero-order valence-electron chi connectivity index (χ0n) is 8.01. The molecule has 0 aliphatic heterocycles. The molecule has 0 radical (unpaired) electrons. The third kappa shape index (κ3) is 2.63. The van der Waals surface area contributed by atoms with Gasteiger partial charge < -0.3 is 5.32 Å². The van der Waals surface area contributed by atoms with Gasteiger partial charge in [-0.2, -0.15) is 11.3 Å². The number of amides is 1. The molecule has 0 spiro atoms. The lowest BCUT2D eigenvalue weighted by molar-refractivity contribution is 0.0951. The average Bonchev–Trinajstić information content (AvgIpc) is 2.81. The van der Waals surface area contributed by atoms with E-state index in [4.69, 9.17) is 0 Å². The lowest BCUT2D eigenvalue weighted by Gasteiger charge is -2.02. The van der Waals surface area contributed by atoms with Crippen molar-refractivity contribution in [1.29, 1.82) is 0 Å². The summed E-state index contributed by atoms with van der Waals surface area (Å²) < 4.78 is 0. The van der Waals surface area contributed by atoms with Crippen LogP contribution in [0.2, 0.25) is 0 Å². The van der Waals surface area contributed by atoms with E-state index in [1.54, 1.807) is 12.3 Å². The molecule has 2 heterocycles. The summed E-state index contributed by atoms with van der Waals surface area (Å²) in [4.78, 5) is 15.7. The molecule has 2 rings (SSSR count). The first-order chi connectivity index (χ1) is 7.36. The molecule has 0 aromatic carbocycles. The Labute approximate surface area is 91.8 Å². The first kappa shape index (κ1) is 9.86. The number of nitrogens with one attached hydrogen (secondary N) is 1. The molecular formula is C11H10N2OS. The maximum absolute atomic E-state index is 11.5. The van der Waals surface area contributed by atoms with Crippen molar-refractivity contribution in [2.75, 3.05) is 0 Å². The third-order valence-corrected chi connectivity index (χ3v) is 2.62. The van der Waals surface area contributed by atoms with Gasteiger partial charge in [0, 0.05) is 17.1 Å². The van der Waals surface area contributed by atoms with Crippen LogP contribution in [0.4, 0.5) is 0 Å². The highest BCUT2D eigenvalue weighted by atomic mass is 32.1. The number of nitrogens with zero attached hydrogens (tertiary/aromatic N) is 1. The Hall–Kier alpha value is -1.68. The summed E-state index contributed by atoms with van der Waals surface area (Å²) in [5, 5.41) is 6.52. The second-order valence-corrected chi connectivity index (χ2v) is 3.80. The highest BCUT2D eigenvalue weighted by Crippen LogP contribution is 2.05. The van der Waals surface area contributed by atoms with Crippen molar-refractivity contribution in [2.45, 2.75) is 6.54 Å². The Morgan fingerprint density at radius 2 is 2.33 bits per heavy atom. The van der Waals surface area contributed by atoms with E-state index in [1.807, 2.05) is 29.0 Å². The number of thiophene rings is 1. The van der Waals surface area contributed by atoms with E-state index in [2.05, 4.69) is 10.3 Å². The van der Waals surface area contributed by atoms with Crippen LogP contribution in [-0.4, -0.2) is 10.9 Å². The van der Waals surface area contributed by atoms with Gasteiger partial charge in [-0.15, -0.1) is 0 Å². The van der Waals surface area contributed by atoms with Gasteiger partial charge in [0.25, 0.3) is 5.91 Å². The van der Waals surface area contributed by atoms with Crippen LogP contribution in [0.5, 0.6) is 0 Å². The van der Waals surface area contributed by atoms with E-state index in [-0.39, 0.29) is 5.91 Å². The Bertz CT molecular complexity index is 425. The Morgan fingerprint density at radius 1 is 1.40 bits per heavy atom. The van der Waals surface area contributed by atoms with Crippen molar-refractivity contribution in [3.63, 3.8) is 0 Å². The highest BCUT2D eigenvalue weighted by Gasteiger charge is 2.04. The summed E-state index contributed by atoms with van der Waals surface area (Å²) in [5.74, 6) is -0.0538. The predicted molar refractivity (Wildman–Crippen MR) is 59.7 cm³/mol. The molecule has 0 aliphatic rings. The zero-order chi connectivity index (χ0) is 10.5. The normalized spacial score (nSPS) is 9.87. The van der Waals surface area contributed by atoms with Gasteiger partial charge in [0.15, 0.2) is 0 Å². The summed E-state index contributed by atoms with van der Waals surface area (Å²) in [6.45, 7) is 0.468. The quantitative estimate of drug-likeness (QED) is 0.857. The molecule has 1 amide bonds. The summed E-state index contributed by atoms with van der Waals surface area (Å²) in [6, 6.07) is 7.44. The van der Waals surface area contributed by atoms with Gasteiger partial charge in [-0.25, -0.2) is 0 Å².